The van der Waals surface area contributed by atoms with Gasteiger partial charge in [-0.25, -0.2) is 0 Å². The summed E-state index contributed by atoms with van der Waals surface area (Å²) in [6, 6.07) is 77.8. The van der Waals surface area contributed by atoms with Gasteiger partial charge in [0, 0.05) is 57.3 Å². The second kappa shape index (κ2) is 14.1. The van der Waals surface area contributed by atoms with E-state index in [0.29, 0.717) is 0 Å². The lowest BCUT2D eigenvalue weighted by atomic mass is 9.87. The molecule has 57 heavy (non-hydrogen) atoms. The van der Waals surface area contributed by atoms with Gasteiger partial charge in [-0.2, -0.15) is 0 Å². The maximum atomic E-state index is 2.49. The number of rotatable bonds is 7. The van der Waals surface area contributed by atoms with Crippen LogP contribution in [0.25, 0.3) is 84.9 Å². The fourth-order valence-electron chi connectivity index (χ4n) is 8.51. The van der Waals surface area contributed by atoms with Gasteiger partial charge < -0.3 is 4.90 Å². The first kappa shape index (κ1) is 33.5. The summed E-state index contributed by atoms with van der Waals surface area (Å²) in [6.45, 7) is 0. The summed E-state index contributed by atoms with van der Waals surface area (Å²) in [6.07, 6.45) is 0. The van der Waals surface area contributed by atoms with E-state index in [0.717, 1.165) is 17.1 Å². The Morgan fingerprint density at radius 2 is 0.825 bits per heavy atom. The van der Waals surface area contributed by atoms with Crippen molar-refractivity contribution in [1.82, 2.24) is 0 Å². The number of benzene rings is 9. The van der Waals surface area contributed by atoms with E-state index >= 15 is 0 Å². The molecule has 0 spiro atoms. The Morgan fingerprint density at radius 1 is 0.298 bits per heavy atom. The van der Waals surface area contributed by atoms with Crippen molar-refractivity contribution in [3.05, 3.63) is 212 Å². The zero-order valence-electron chi connectivity index (χ0n) is 31.0. The third-order valence-electron chi connectivity index (χ3n) is 11.1. The summed E-state index contributed by atoms with van der Waals surface area (Å²) in [5, 5.41) is 5.18. The van der Waals surface area contributed by atoms with Crippen molar-refractivity contribution in [1.29, 1.82) is 0 Å². The van der Waals surface area contributed by atoms with Crippen molar-refractivity contribution in [2.45, 2.75) is 0 Å². The molecule has 0 saturated carbocycles. The van der Waals surface area contributed by atoms with Gasteiger partial charge >= 0.3 is 0 Å². The van der Waals surface area contributed by atoms with Crippen LogP contribution in [0.3, 0.4) is 0 Å². The summed E-state index contributed by atoms with van der Waals surface area (Å²) in [7, 11) is 0. The molecule has 1 nitrogen and oxygen atoms in total. The van der Waals surface area contributed by atoms with Crippen LogP contribution < -0.4 is 4.90 Å². The van der Waals surface area contributed by atoms with Crippen molar-refractivity contribution in [2.24, 2.45) is 0 Å². The Kier molecular flexibility index (Phi) is 8.28. The summed E-state index contributed by atoms with van der Waals surface area (Å²) >= 11 is 3.74. The second-order valence-electron chi connectivity index (χ2n) is 14.4. The third-order valence-corrected chi connectivity index (χ3v) is 13.5. The highest BCUT2D eigenvalue weighted by molar-refractivity contribution is 7.26. The van der Waals surface area contributed by atoms with Crippen LogP contribution >= 0.6 is 22.7 Å². The summed E-state index contributed by atoms with van der Waals surface area (Å²) in [4.78, 5) is 2.49. The predicted octanol–water partition coefficient (Wildman–Crippen LogP) is 16.6. The average molecular weight is 762 g/mol. The van der Waals surface area contributed by atoms with Gasteiger partial charge in [-0.3, -0.25) is 0 Å². The van der Waals surface area contributed by atoms with Gasteiger partial charge in [0.1, 0.15) is 0 Å². The van der Waals surface area contributed by atoms with Gasteiger partial charge in [-0.15, -0.1) is 22.7 Å². The van der Waals surface area contributed by atoms with Crippen LogP contribution in [0, 0.1) is 0 Å². The molecule has 2 heterocycles. The van der Waals surface area contributed by atoms with E-state index in [1.54, 1.807) is 0 Å². The standard InChI is InChI=1S/C54H35NS2/c1-3-16-36(17-4-1)41-22-7-8-25-46(41)53-42(37-18-5-2-6-19-37)26-15-29-49(53)55(40-32-33-52-48(35-40)45-24-10-11-30-50(45)56-52)39-21-13-20-38(34-39)43-27-14-28-47-44-23-9-12-31-51(44)57-54(43)47/h1-35H. The Balaban J connectivity index is 1.20. The van der Waals surface area contributed by atoms with E-state index < -0.39 is 0 Å². The molecule has 0 bridgehead atoms. The molecular formula is C54H35NS2. The molecule has 0 atom stereocenters. The van der Waals surface area contributed by atoms with Gasteiger partial charge in [-0.05, 0) is 87.5 Å². The first-order valence-electron chi connectivity index (χ1n) is 19.3. The van der Waals surface area contributed by atoms with Crippen LogP contribution in [0.2, 0.25) is 0 Å². The molecule has 0 fully saturated rings. The number of hydrogen-bond donors (Lipinski definition) is 0. The average Bonchev–Trinajstić information content (AvgIpc) is 3.86. The molecule has 11 aromatic rings. The molecule has 268 valence electrons. The van der Waals surface area contributed by atoms with E-state index in [-0.39, 0.29) is 0 Å². The number of hydrogen-bond acceptors (Lipinski definition) is 3. The first-order chi connectivity index (χ1) is 28.3. The Hall–Kier alpha value is -6.78. The maximum absolute atomic E-state index is 2.49. The zero-order valence-corrected chi connectivity index (χ0v) is 32.6. The number of thiophene rings is 2. The molecular weight excluding hydrogens is 727 g/mol. The molecule has 0 aliphatic carbocycles. The lowest BCUT2D eigenvalue weighted by molar-refractivity contribution is 1.29. The van der Waals surface area contributed by atoms with Crippen LogP contribution in [-0.2, 0) is 0 Å². The molecule has 0 saturated heterocycles. The van der Waals surface area contributed by atoms with Gasteiger partial charge in [0.2, 0.25) is 0 Å². The molecule has 3 heteroatoms. The quantitative estimate of drug-likeness (QED) is 0.156. The number of anilines is 3. The minimum atomic E-state index is 1.10. The van der Waals surface area contributed by atoms with E-state index in [1.165, 1.54) is 84.9 Å². The largest absolute Gasteiger partial charge is 0.310 e. The molecule has 0 amide bonds. The van der Waals surface area contributed by atoms with Crippen molar-refractivity contribution in [3.8, 4) is 44.5 Å². The Bertz CT molecular complexity index is 3250. The fourth-order valence-corrected chi connectivity index (χ4v) is 10.8. The number of nitrogens with zero attached hydrogens (tertiary/aromatic N) is 1. The SMILES string of the molecule is c1ccc(-c2ccccc2-c2c(-c3ccccc3)cccc2N(c2cccc(-c3cccc4c3sc3ccccc34)c2)c2ccc3sc4ccccc4c3c2)cc1. The second-order valence-corrected chi connectivity index (χ2v) is 16.6. The molecule has 0 unspecified atom stereocenters. The van der Waals surface area contributed by atoms with E-state index in [1.807, 2.05) is 22.7 Å². The van der Waals surface area contributed by atoms with Gasteiger partial charge in [0.25, 0.3) is 0 Å². The van der Waals surface area contributed by atoms with E-state index in [9.17, 15) is 0 Å². The van der Waals surface area contributed by atoms with Crippen LogP contribution in [0.1, 0.15) is 0 Å². The van der Waals surface area contributed by atoms with Crippen LogP contribution in [0.5, 0.6) is 0 Å². The summed E-state index contributed by atoms with van der Waals surface area (Å²) < 4.78 is 5.22. The topological polar surface area (TPSA) is 3.24 Å². The van der Waals surface area contributed by atoms with E-state index in [4.69, 9.17) is 0 Å². The molecule has 2 aromatic heterocycles. The summed E-state index contributed by atoms with van der Waals surface area (Å²) in [5.74, 6) is 0. The van der Waals surface area contributed by atoms with E-state index in [2.05, 4.69) is 217 Å². The molecule has 0 aliphatic heterocycles. The highest BCUT2D eigenvalue weighted by Gasteiger charge is 2.24. The Morgan fingerprint density at radius 3 is 1.61 bits per heavy atom. The molecule has 0 radical (unpaired) electrons. The smallest absolute Gasteiger partial charge is 0.0546 e. The van der Waals surface area contributed by atoms with Crippen molar-refractivity contribution in [2.75, 3.05) is 4.90 Å². The summed E-state index contributed by atoms with van der Waals surface area (Å²) in [5.41, 5.74) is 12.9. The minimum Gasteiger partial charge on any atom is -0.310 e. The minimum absolute atomic E-state index is 1.10. The molecule has 0 N–H and O–H groups in total. The Labute approximate surface area is 340 Å². The lowest BCUT2D eigenvalue weighted by Gasteiger charge is -2.30. The van der Waals surface area contributed by atoms with Gasteiger partial charge in [-0.1, -0.05) is 164 Å². The number of fused-ring (bicyclic) bond motifs is 6. The van der Waals surface area contributed by atoms with Crippen molar-refractivity contribution < 1.29 is 0 Å². The first-order valence-corrected chi connectivity index (χ1v) is 21.0. The maximum Gasteiger partial charge on any atom is 0.0546 e. The normalized spacial score (nSPS) is 11.5. The molecule has 11 rings (SSSR count). The third kappa shape index (κ3) is 5.83. The lowest BCUT2D eigenvalue weighted by Crippen LogP contribution is -2.12. The van der Waals surface area contributed by atoms with Gasteiger partial charge in [0.15, 0.2) is 0 Å². The van der Waals surface area contributed by atoms with Gasteiger partial charge in [0.05, 0.1) is 5.69 Å². The van der Waals surface area contributed by atoms with Crippen LogP contribution in [0.4, 0.5) is 17.1 Å². The van der Waals surface area contributed by atoms with Crippen molar-refractivity contribution in [3.63, 3.8) is 0 Å². The van der Waals surface area contributed by atoms with Crippen molar-refractivity contribution >= 4 is 80.1 Å². The highest BCUT2D eigenvalue weighted by atomic mass is 32.1. The van der Waals surface area contributed by atoms with Crippen LogP contribution in [-0.4, -0.2) is 0 Å². The highest BCUT2D eigenvalue weighted by Crippen LogP contribution is 2.50. The molecule has 9 aromatic carbocycles. The monoisotopic (exact) mass is 761 g/mol. The van der Waals surface area contributed by atoms with Crippen LogP contribution in [0.15, 0.2) is 212 Å². The predicted molar refractivity (Wildman–Crippen MR) is 249 cm³/mol. The zero-order chi connectivity index (χ0) is 37.7. The fraction of sp³-hybridized carbons (Fsp3) is 0. The molecule has 0 aliphatic rings.